The summed E-state index contributed by atoms with van der Waals surface area (Å²) in [5.74, 6) is 1.46. The van der Waals surface area contributed by atoms with Crippen LogP contribution in [0.4, 0.5) is 11.4 Å². The Balaban J connectivity index is 1.79. The van der Waals surface area contributed by atoms with E-state index in [0.29, 0.717) is 5.92 Å². The van der Waals surface area contributed by atoms with Gasteiger partial charge in [-0.2, -0.15) is 0 Å². The molecule has 0 aromatic heterocycles. The van der Waals surface area contributed by atoms with Crippen LogP contribution in [-0.2, 0) is 0 Å². The minimum absolute atomic E-state index is 0.526. The lowest BCUT2D eigenvalue weighted by atomic mass is 10.0. The van der Waals surface area contributed by atoms with Crippen molar-refractivity contribution in [1.82, 2.24) is 0 Å². The molecule has 0 aliphatic rings. The summed E-state index contributed by atoms with van der Waals surface area (Å²) in [7, 11) is 0. The summed E-state index contributed by atoms with van der Waals surface area (Å²) in [4.78, 5) is 0. The maximum atomic E-state index is 5.75. The van der Waals surface area contributed by atoms with Crippen molar-refractivity contribution in [3.8, 4) is 5.75 Å². The zero-order valence-corrected chi connectivity index (χ0v) is 15.1. The summed E-state index contributed by atoms with van der Waals surface area (Å²) in [6.07, 6.45) is 2.25. The molecule has 2 aromatic carbocycles. The van der Waals surface area contributed by atoms with Crippen molar-refractivity contribution in [3.05, 3.63) is 54.1 Å². The molecule has 0 heterocycles. The topological polar surface area (TPSA) is 33.3 Å². The maximum absolute atomic E-state index is 5.75. The minimum atomic E-state index is 0.526. The second-order valence-electron chi connectivity index (χ2n) is 6.33. The number of nitrogens with one attached hydrogen (secondary N) is 2. The normalized spacial score (nSPS) is 10.7. The molecule has 2 aromatic rings. The predicted molar refractivity (Wildman–Crippen MR) is 104 cm³/mol. The molecule has 0 amide bonds. The van der Waals surface area contributed by atoms with Crippen LogP contribution < -0.4 is 15.4 Å². The molecule has 0 fully saturated rings. The molecule has 24 heavy (non-hydrogen) atoms. The number of rotatable bonds is 10. The first-order valence-corrected chi connectivity index (χ1v) is 9.00. The number of hydrogen-bond acceptors (Lipinski definition) is 3. The third kappa shape index (κ3) is 5.80. The molecule has 0 unspecified atom stereocenters. The van der Waals surface area contributed by atoms with E-state index in [1.807, 2.05) is 12.1 Å². The van der Waals surface area contributed by atoms with Gasteiger partial charge in [0.2, 0.25) is 0 Å². The molecule has 0 aliphatic carbocycles. The number of ether oxygens (including phenoxy) is 1. The van der Waals surface area contributed by atoms with E-state index in [-0.39, 0.29) is 0 Å². The van der Waals surface area contributed by atoms with Crippen molar-refractivity contribution in [1.29, 1.82) is 0 Å². The van der Waals surface area contributed by atoms with Gasteiger partial charge >= 0.3 is 0 Å². The van der Waals surface area contributed by atoms with E-state index in [0.717, 1.165) is 44.0 Å². The van der Waals surface area contributed by atoms with Crippen LogP contribution in [0.15, 0.2) is 48.5 Å². The highest BCUT2D eigenvalue weighted by atomic mass is 16.5. The summed E-state index contributed by atoms with van der Waals surface area (Å²) in [6.45, 7) is 9.15. The predicted octanol–water partition coefficient (Wildman–Crippen LogP) is 5.51. The van der Waals surface area contributed by atoms with Gasteiger partial charge in [0, 0.05) is 30.5 Å². The third-order valence-electron chi connectivity index (χ3n) is 3.95. The Labute approximate surface area is 146 Å². The Bertz CT molecular complexity index is 610. The first-order chi connectivity index (χ1) is 11.7. The molecule has 2 rings (SSSR count). The largest absolute Gasteiger partial charge is 0.494 e. The Morgan fingerprint density at radius 1 is 0.958 bits per heavy atom. The van der Waals surface area contributed by atoms with E-state index in [2.05, 4.69) is 67.8 Å². The molecule has 130 valence electrons. The Morgan fingerprint density at radius 3 is 2.54 bits per heavy atom. The van der Waals surface area contributed by atoms with Crippen LogP contribution in [0.1, 0.15) is 45.1 Å². The SMILES string of the molecule is CCCCOc1cccc(NCCNc2ccccc2C(C)C)c1. The minimum Gasteiger partial charge on any atom is -0.494 e. The molecule has 0 atom stereocenters. The van der Waals surface area contributed by atoms with Crippen LogP contribution in [0.2, 0.25) is 0 Å². The van der Waals surface area contributed by atoms with Crippen LogP contribution in [-0.4, -0.2) is 19.7 Å². The zero-order valence-electron chi connectivity index (χ0n) is 15.1. The fourth-order valence-corrected chi connectivity index (χ4v) is 2.60. The van der Waals surface area contributed by atoms with Crippen LogP contribution in [0.5, 0.6) is 5.75 Å². The van der Waals surface area contributed by atoms with E-state index >= 15 is 0 Å². The van der Waals surface area contributed by atoms with Crippen LogP contribution in [0.25, 0.3) is 0 Å². The highest BCUT2D eigenvalue weighted by molar-refractivity contribution is 5.53. The number of anilines is 2. The summed E-state index contributed by atoms with van der Waals surface area (Å²) < 4.78 is 5.75. The van der Waals surface area contributed by atoms with Gasteiger partial charge in [-0.15, -0.1) is 0 Å². The van der Waals surface area contributed by atoms with E-state index < -0.39 is 0 Å². The highest BCUT2D eigenvalue weighted by Gasteiger charge is 2.04. The average Bonchev–Trinajstić information content (AvgIpc) is 2.59. The van der Waals surface area contributed by atoms with E-state index in [1.165, 1.54) is 11.3 Å². The smallest absolute Gasteiger partial charge is 0.121 e. The Hall–Kier alpha value is -2.16. The number of benzene rings is 2. The summed E-state index contributed by atoms with van der Waals surface area (Å²) in [5.41, 5.74) is 3.69. The van der Waals surface area contributed by atoms with Gasteiger partial charge in [-0.05, 0) is 36.1 Å². The lowest BCUT2D eigenvalue weighted by molar-refractivity contribution is 0.309. The molecular formula is C21H30N2O. The molecule has 2 N–H and O–H groups in total. The van der Waals surface area contributed by atoms with Gasteiger partial charge in [0.15, 0.2) is 0 Å². The van der Waals surface area contributed by atoms with Crippen LogP contribution in [0, 0.1) is 0 Å². The first-order valence-electron chi connectivity index (χ1n) is 9.00. The molecule has 0 saturated carbocycles. The fourth-order valence-electron chi connectivity index (χ4n) is 2.60. The van der Waals surface area contributed by atoms with Crippen molar-refractivity contribution in [2.75, 3.05) is 30.3 Å². The summed E-state index contributed by atoms with van der Waals surface area (Å²) in [5, 5.41) is 6.98. The Morgan fingerprint density at radius 2 is 1.75 bits per heavy atom. The van der Waals surface area contributed by atoms with Crippen molar-refractivity contribution in [2.45, 2.75) is 39.5 Å². The molecule has 0 spiro atoms. The molecule has 0 saturated heterocycles. The standard InChI is InChI=1S/C21H30N2O/c1-4-5-15-24-19-10-8-9-18(16-19)22-13-14-23-21-12-7-6-11-20(21)17(2)3/h6-12,16-17,22-23H,4-5,13-15H2,1-3H3. The number of hydrogen-bond donors (Lipinski definition) is 2. The summed E-state index contributed by atoms with van der Waals surface area (Å²) in [6, 6.07) is 16.7. The van der Waals surface area contributed by atoms with Crippen LogP contribution in [0.3, 0.4) is 0 Å². The monoisotopic (exact) mass is 326 g/mol. The number of unbranched alkanes of at least 4 members (excludes halogenated alkanes) is 1. The van der Waals surface area contributed by atoms with Crippen molar-refractivity contribution < 1.29 is 4.74 Å². The van der Waals surface area contributed by atoms with Gasteiger partial charge in [-0.3, -0.25) is 0 Å². The molecule has 3 nitrogen and oxygen atoms in total. The van der Waals surface area contributed by atoms with E-state index in [1.54, 1.807) is 0 Å². The lowest BCUT2D eigenvalue weighted by Gasteiger charge is -2.15. The van der Waals surface area contributed by atoms with Gasteiger partial charge in [0.1, 0.15) is 5.75 Å². The zero-order chi connectivity index (χ0) is 17.2. The second kappa shape index (κ2) is 9.86. The molecule has 0 bridgehead atoms. The van der Waals surface area contributed by atoms with E-state index in [9.17, 15) is 0 Å². The van der Waals surface area contributed by atoms with Gasteiger partial charge in [0.25, 0.3) is 0 Å². The fraction of sp³-hybridized carbons (Fsp3) is 0.429. The average molecular weight is 326 g/mol. The van der Waals surface area contributed by atoms with Gasteiger partial charge in [0.05, 0.1) is 6.61 Å². The van der Waals surface area contributed by atoms with Gasteiger partial charge < -0.3 is 15.4 Å². The van der Waals surface area contributed by atoms with Crippen molar-refractivity contribution in [3.63, 3.8) is 0 Å². The van der Waals surface area contributed by atoms with Gasteiger partial charge in [-0.25, -0.2) is 0 Å². The third-order valence-corrected chi connectivity index (χ3v) is 3.95. The maximum Gasteiger partial charge on any atom is 0.121 e. The van der Waals surface area contributed by atoms with Crippen molar-refractivity contribution >= 4 is 11.4 Å². The molecule has 3 heteroatoms. The first kappa shape index (κ1) is 18.2. The quantitative estimate of drug-likeness (QED) is 0.565. The van der Waals surface area contributed by atoms with Crippen molar-refractivity contribution in [2.24, 2.45) is 0 Å². The van der Waals surface area contributed by atoms with Crippen LogP contribution >= 0.6 is 0 Å². The Kier molecular flexibility index (Phi) is 7.47. The molecular weight excluding hydrogens is 296 g/mol. The summed E-state index contributed by atoms with van der Waals surface area (Å²) >= 11 is 0. The van der Waals surface area contributed by atoms with Gasteiger partial charge in [-0.1, -0.05) is 51.5 Å². The van der Waals surface area contributed by atoms with E-state index in [4.69, 9.17) is 4.74 Å². The molecule has 0 aliphatic heterocycles. The molecule has 0 radical (unpaired) electrons. The number of para-hydroxylation sites is 1. The lowest BCUT2D eigenvalue weighted by Crippen LogP contribution is -2.14. The highest BCUT2D eigenvalue weighted by Crippen LogP contribution is 2.23. The second-order valence-corrected chi connectivity index (χ2v) is 6.33.